The number of rotatable bonds is 8. The van der Waals surface area contributed by atoms with Gasteiger partial charge in [-0.3, -0.25) is 9.36 Å². The first-order valence-electron chi connectivity index (χ1n) is 11.4. The Hall–Kier alpha value is -4.51. The Morgan fingerprint density at radius 3 is 2.03 bits per heavy atom. The molecule has 11 heteroatoms. The Balaban J connectivity index is 2.30. The van der Waals surface area contributed by atoms with E-state index >= 15 is 0 Å². The first-order valence-corrected chi connectivity index (χ1v) is 12.2. The monoisotopic (exact) mass is 597 g/mol. The molecule has 10 nitrogen and oxygen atoms in total. The van der Waals surface area contributed by atoms with Gasteiger partial charge >= 0.3 is 11.9 Å². The van der Waals surface area contributed by atoms with Gasteiger partial charge in [-0.2, -0.15) is 0 Å². The summed E-state index contributed by atoms with van der Waals surface area (Å²) in [6.45, 7) is 0. The van der Waals surface area contributed by atoms with Crippen LogP contribution in [0.4, 0.5) is 0 Å². The van der Waals surface area contributed by atoms with E-state index in [0.717, 1.165) is 4.57 Å². The van der Waals surface area contributed by atoms with Crippen LogP contribution in [-0.2, 0) is 4.74 Å². The lowest BCUT2D eigenvalue weighted by atomic mass is 9.95. The Labute approximate surface area is 231 Å². The molecule has 202 valence electrons. The minimum absolute atomic E-state index is 0.0713. The molecule has 0 unspecified atom stereocenters. The minimum atomic E-state index is -1.19. The molecule has 1 aromatic heterocycles. The Morgan fingerprint density at radius 1 is 0.821 bits per heavy atom. The molecule has 0 amide bonds. The molecule has 0 saturated heterocycles. The number of nitrogens with zero attached hydrogens (tertiary/aromatic N) is 1. The zero-order chi connectivity index (χ0) is 28.4. The highest BCUT2D eigenvalue weighted by Crippen LogP contribution is 2.44. The summed E-state index contributed by atoms with van der Waals surface area (Å²) in [7, 11) is 7.05. The number of carboxylic acids is 1. The molecule has 0 saturated carbocycles. The lowest BCUT2D eigenvalue weighted by Gasteiger charge is -2.21. The molecule has 0 radical (unpaired) electrons. The van der Waals surface area contributed by atoms with E-state index in [1.807, 2.05) is 0 Å². The molecule has 1 N–H and O–H groups in total. The first-order chi connectivity index (χ1) is 18.7. The molecular formula is C28H24BrNO9. The molecule has 4 aromatic rings. The molecule has 0 aliphatic carbocycles. The van der Waals surface area contributed by atoms with E-state index in [0.29, 0.717) is 38.2 Å². The molecular weight excluding hydrogens is 574 g/mol. The van der Waals surface area contributed by atoms with Crippen LogP contribution in [0.5, 0.6) is 23.0 Å². The van der Waals surface area contributed by atoms with Gasteiger partial charge in [0, 0.05) is 10.9 Å². The number of methoxy groups -OCH3 is 5. The van der Waals surface area contributed by atoms with E-state index < -0.39 is 17.5 Å². The highest BCUT2D eigenvalue weighted by molar-refractivity contribution is 9.10. The molecule has 4 rings (SSSR count). The average Bonchev–Trinajstić information content (AvgIpc) is 2.95. The molecule has 0 bridgehead atoms. The van der Waals surface area contributed by atoms with Crippen molar-refractivity contribution in [2.24, 2.45) is 0 Å². The molecule has 39 heavy (non-hydrogen) atoms. The van der Waals surface area contributed by atoms with Gasteiger partial charge in [-0.1, -0.05) is 6.07 Å². The van der Waals surface area contributed by atoms with Crippen LogP contribution in [-0.4, -0.2) is 57.2 Å². The van der Waals surface area contributed by atoms with Crippen molar-refractivity contribution in [3.8, 4) is 39.8 Å². The van der Waals surface area contributed by atoms with Crippen LogP contribution in [0.3, 0.4) is 0 Å². The standard InChI is InChI=1S/C28H24BrNO9/c1-35-20-12-17-18(13-21(20)36-2)26(31)30(16-8-6-7-14(9-16)27(32)33)24(28(34)39-5)23(17)15-10-19(29)25(38-4)22(11-15)37-3/h6-13H,1-5H3,(H,32,33). The maximum Gasteiger partial charge on any atom is 0.355 e. The molecule has 0 spiro atoms. The largest absolute Gasteiger partial charge is 0.493 e. The van der Waals surface area contributed by atoms with Gasteiger partial charge in [-0.05, 0) is 64.0 Å². The summed E-state index contributed by atoms with van der Waals surface area (Å²) < 4.78 is 28.7. The number of halogens is 1. The van der Waals surface area contributed by atoms with Gasteiger partial charge in [-0.15, -0.1) is 0 Å². The van der Waals surface area contributed by atoms with Crippen LogP contribution < -0.4 is 24.5 Å². The van der Waals surface area contributed by atoms with Crippen molar-refractivity contribution in [3.05, 3.63) is 74.6 Å². The van der Waals surface area contributed by atoms with E-state index in [2.05, 4.69) is 15.9 Å². The van der Waals surface area contributed by atoms with Gasteiger partial charge in [0.2, 0.25) is 0 Å². The molecule has 0 atom stereocenters. The van der Waals surface area contributed by atoms with Gasteiger partial charge < -0.3 is 28.8 Å². The summed E-state index contributed by atoms with van der Waals surface area (Å²) in [4.78, 5) is 39.2. The van der Waals surface area contributed by atoms with Crippen LogP contribution in [0, 0.1) is 0 Å². The van der Waals surface area contributed by atoms with Gasteiger partial charge in [-0.25, -0.2) is 9.59 Å². The molecule has 1 heterocycles. The quantitative estimate of drug-likeness (QED) is 0.281. The number of fused-ring (bicyclic) bond motifs is 1. The zero-order valence-corrected chi connectivity index (χ0v) is 23.2. The second-order valence-electron chi connectivity index (χ2n) is 8.16. The van der Waals surface area contributed by atoms with E-state index in [4.69, 9.17) is 23.7 Å². The Kier molecular flexibility index (Phi) is 7.82. The number of hydrogen-bond acceptors (Lipinski definition) is 8. The number of carbonyl (C=O) groups excluding carboxylic acids is 1. The molecule has 3 aromatic carbocycles. The van der Waals surface area contributed by atoms with Crippen molar-refractivity contribution in [1.29, 1.82) is 0 Å². The lowest BCUT2D eigenvalue weighted by Crippen LogP contribution is -2.27. The predicted octanol–water partition coefficient (Wildman–Crippen LogP) is 4.94. The fourth-order valence-electron chi connectivity index (χ4n) is 4.39. The van der Waals surface area contributed by atoms with E-state index in [1.54, 1.807) is 18.2 Å². The smallest absolute Gasteiger partial charge is 0.355 e. The average molecular weight is 598 g/mol. The van der Waals surface area contributed by atoms with Crippen molar-refractivity contribution in [2.75, 3.05) is 35.5 Å². The SMILES string of the molecule is COC(=O)c1c(-c2cc(Br)c(OC)c(OC)c2)c2cc(OC)c(OC)cc2c(=O)n1-c1cccc(C(=O)O)c1. The van der Waals surface area contributed by atoms with Crippen LogP contribution in [0.2, 0.25) is 0 Å². The third-order valence-electron chi connectivity index (χ3n) is 6.14. The zero-order valence-electron chi connectivity index (χ0n) is 21.7. The molecule has 0 fully saturated rings. The maximum atomic E-state index is 14.1. The topological polar surface area (TPSA) is 123 Å². The van der Waals surface area contributed by atoms with Crippen molar-refractivity contribution in [3.63, 3.8) is 0 Å². The number of aromatic nitrogens is 1. The number of benzene rings is 3. The summed E-state index contributed by atoms with van der Waals surface area (Å²) in [6.07, 6.45) is 0. The fourth-order valence-corrected chi connectivity index (χ4v) is 5.00. The van der Waals surface area contributed by atoms with Gasteiger partial charge in [0.05, 0.1) is 56.7 Å². The summed E-state index contributed by atoms with van der Waals surface area (Å²) >= 11 is 3.49. The Morgan fingerprint density at radius 2 is 1.46 bits per heavy atom. The molecule has 0 aliphatic heterocycles. The van der Waals surface area contributed by atoms with Crippen molar-refractivity contribution in [2.45, 2.75) is 0 Å². The minimum Gasteiger partial charge on any atom is -0.493 e. The van der Waals surface area contributed by atoms with Crippen LogP contribution in [0.25, 0.3) is 27.6 Å². The second-order valence-corrected chi connectivity index (χ2v) is 9.01. The van der Waals surface area contributed by atoms with E-state index in [1.165, 1.54) is 65.9 Å². The van der Waals surface area contributed by atoms with Gasteiger partial charge in [0.1, 0.15) is 5.69 Å². The highest BCUT2D eigenvalue weighted by Gasteiger charge is 2.28. The van der Waals surface area contributed by atoms with Crippen LogP contribution >= 0.6 is 15.9 Å². The normalized spacial score (nSPS) is 10.7. The number of ether oxygens (including phenoxy) is 5. The van der Waals surface area contributed by atoms with Crippen molar-refractivity contribution >= 4 is 38.6 Å². The summed E-state index contributed by atoms with van der Waals surface area (Å²) in [5.74, 6) is -0.625. The second kappa shape index (κ2) is 11.1. The fraction of sp³-hybridized carbons (Fsp3) is 0.179. The number of hydrogen-bond donors (Lipinski definition) is 1. The predicted molar refractivity (Wildman–Crippen MR) is 147 cm³/mol. The van der Waals surface area contributed by atoms with Gasteiger partial charge in [0.15, 0.2) is 23.0 Å². The maximum absolute atomic E-state index is 14.1. The first kappa shape index (κ1) is 27.5. The highest BCUT2D eigenvalue weighted by atomic mass is 79.9. The number of carbonyl (C=O) groups is 2. The number of aromatic carboxylic acids is 1. The lowest BCUT2D eigenvalue weighted by molar-refractivity contribution is 0.0591. The number of carboxylic acid groups (broad SMARTS) is 1. The van der Waals surface area contributed by atoms with Crippen molar-refractivity contribution in [1.82, 2.24) is 4.57 Å². The number of esters is 1. The van der Waals surface area contributed by atoms with Crippen LogP contribution in [0.15, 0.2) is 57.8 Å². The number of pyridine rings is 1. The van der Waals surface area contributed by atoms with Crippen LogP contribution in [0.1, 0.15) is 20.8 Å². The summed E-state index contributed by atoms with van der Waals surface area (Å²) in [6, 6.07) is 12.2. The summed E-state index contributed by atoms with van der Waals surface area (Å²) in [5, 5.41) is 10.1. The van der Waals surface area contributed by atoms with E-state index in [9.17, 15) is 19.5 Å². The van der Waals surface area contributed by atoms with Crippen molar-refractivity contribution < 1.29 is 38.4 Å². The van der Waals surface area contributed by atoms with Gasteiger partial charge in [0.25, 0.3) is 5.56 Å². The third kappa shape index (κ3) is 4.76. The van der Waals surface area contributed by atoms with E-state index in [-0.39, 0.29) is 28.1 Å². The Bertz CT molecular complexity index is 1680. The molecule has 0 aliphatic rings. The summed E-state index contributed by atoms with van der Waals surface area (Å²) in [5.41, 5.74) is 0.122. The third-order valence-corrected chi connectivity index (χ3v) is 6.73.